The van der Waals surface area contributed by atoms with E-state index in [1.807, 2.05) is 37.5 Å². The van der Waals surface area contributed by atoms with Gasteiger partial charge in [0.25, 0.3) is 0 Å². The largest absolute Gasteiger partial charge is 0.352 e. The molecule has 4 rings (SSSR count). The van der Waals surface area contributed by atoms with Gasteiger partial charge in [0.2, 0.25) is 11.6 Å². The van der Waals surface area contributed by atoms with Gasteiger partial charge in [-0.05, 0) is 31.1 Å². The zero-order valence-corrected chi connectivity index (χ0v) is 15.8. The van der Waals surface area contributed by atoms with Crippen molar-refractivity contribution in [1.82, 2.24) is 9.88 Å². The lowest BCUT2D eigenvalue weighted by atomic mass is 10.1. The van der Waals surface area contributed by atoms with Crippen LogP contribution in [0.25, 0.3) is 23.1 Å². The third-order valence-corrected chi connectivity index (χ3v) is 5.38. The van der Waals surface area contributed by atoms with Crippen LogP contribution in [0.1, 0.15) is 36.9 Å². The van der Waals surface area contributed by atoms with E-state index >= 15 is 0 Å². The zero-order valence-electron chi connectivity index (χ0n) is 15.8. The highest BCUT2D eigenvalue weighted by molar-refractivity contribution is 5.92. The minimum Gasteiger partial charge on any atom is -0.352 e. The van der Waals surface area contributed by atoms with Crippen molar-refractivity contribution in [2.45, 2.75) is 38.3 Å². The van der Waals surface area contributed by atoms with Crippen molar-refractivity contribution >= 4 is 29.0 Å². The molecule has 1 aromatic carbocycles. The number of rotatable bonds is 5. The molecule has 1 N–H and O–H groups in total. The molecule has 2 heterocycles. The minimum absolute atomic E-state index is 0.104. The maximum absolute atomic E-state index is 12.5. The third-order valence-electron chi connectivity index (χ3n) is 5.38. The Labute approximate surface area is 160 Å². The molecule has 3 aromatic rings. The first-order chi connectivity index (χ1) is 13.2. The predicted octanol–water partition coefficient (Wildman–Crippen LogP) is 3.70. The summed E-state index contributed by atoms with van der Waals surface area (Å²) in [6.07, 6.45) is 13.0. The van der Waals surface area contributed by atoms with Gasteiger partial charge in [-0.1, -0.05) is 31.0 Å². The molecule has 0 atom stereocenters. The quantitative estimate of drug-likeness (QED) is 0.692. The Balaban J connectivity index is 1.59. The van der Waals surface area contributed by atoms with Gasteiger partial charge in [0.15, 0.2) is 6.20 Å². The zero-order chi connectivity index (χ0) is 18.6. The Bertz CT molecular complexity index is 980. The van der Waals surface area contributed by atoms with Crippen molar-refractivity contribution in [2.24, 2.45) is 7.05 Å². The van der Waals surface area contributed by atoms with Crippen LogP contribution >= 0.6 is 0 Å². The Hall–Kier alpha value is -2.88. The van der Waals surface area contributed by atoms with E-state index in [9.17, 15) is 4.79 Å². The molecule has 1 amide bonds. The van der Waals surface area contributed by atoms with Gasteiger partial charge in [0, 0.05) is 46.9 Å². The number of carbonyl (C=O) groups excluding carboxylic acids is 1. The number of hydrogen-bond acceptors (Lipinski definition) is 1. The fourth-order valence-corrected chi connectivity index (χ4v) is 3.92. The van der Waals surface area contributed by atoms with Crippen LogP contribution < -0.4 is 9.88 Å². The highest BCUT2D eigenvalue weighted by atomic mass is 16.2. The molecule has 0 bridgehead atoms. The summed E-state index contributed by atoms with van der Waals surface area (Å²) in [7, 11) is 2.04. The summed E-state index contributed by atoms with van der Waals surface area (Å²) in [6.45, 7) is 0.365. The van der Waals surface area contributed by atoms with Gasteiger partial charge in [0.05, 0.1) is 0 Å². The first kappa shape index (κ1) is 17.5. The molecule has 0 spiro atoms. The maximum atomic E-state index is 12.5. The molecule has 0 unspecified atom stereocenters. The number of pyridine rings is 1. The van der Waals surface area contributed by atoms with Crippen LogP contribution in [0.4, 0.5) is 0 Å². The van der Waals surface area contributed by atoms with E-state index < -0.39 is 0 Å². The van der Waals surface area contributed by atoms with Gasteiger partial charge in [-0.2, -0.15) is 0 Å². The minimum atomic E-state index is 0.104. The second-order valence-corrected chi connectivity index (χ2v) is 7.35. The fraction of sp³-hybridized carbons (Fsp3) is 0.304. The van der Waals surface area contributed by atoms with Crippen molar-refractivity contribution < 1.29 is 9.36 Å². The molecule has 4 heteroatoms. The average Bonchev–Trinajstić information content (AvgIpc) is 3.30. The topological polar surface area (TPSA) is 37.9 Å². The van der Waals surface area contributed by atoms with Crippen LogP contribution in [-0.4, -0.2) is 16.5 Å². The molecule has 0 radical (unpaired) electrons. The molecule has 138 valence electrons. The summed E-state index contributed by atoms with van der Waals surface area (Å²) in [4.78, 5) is 12.5. The van der Waals surface area contributed by atoms with E-state index in [1.165, 1.54) is 18.2 Å². The fourth-order valence-electron chi connectivity index (χ4n) is 3.92. The monoisotopic (exact) mass is 360 g/mol. The number of aromatic nitrogens is 2. The highest BCUT2D eigenvalue weighted by Gasteiger charge is 2.18. The lowest BCUT2D eigenvalue weighted by Crippen LogP contribution is -2.35. The molecule has 1 fully saturated rings. The number of aryl methyl sites for hydroxylation is 1. The molecule has 2 aromatic heterocycles. The Morgan fingerprint density at radius 3 is 2.74 bits per heavy atom. The Morgan fingerprint density at radius 2 is 1.93 bits per heavy atom. The normalized spacial score (nSPS) is 15.0. The first-order valence-electron chi connectivity index (χ1n) is 9.71. The number of hydrogen-bond donors (Lipinski definition) is 1. The summed E-state index contributed by atoms with van der Waals surface area (Å²) in [5.74, 6) is 0.104. The van der Waals surface area contributed by atoms with Gasteiger partial charge in [0.1, 0.15) is 13.6 Å². The molecule has 4 nitrogen and oxygen atoms in total. The van der Waals surface area contributed by atoms with Crippen molar-refractivity contribution in [3.63, 3.8) is 0 Å². The number of amides is 1. The van der Waals surface area contributed by atoms with Gasteiger partial charge in [-0.15, -0.1) is 0 Å². The summed E-state index contributed by atoms with van der Waals surface area (Å²) in [6, 6.07) is 14.8. The molecular formula is C23H26N3O+. The van der Waals surface area contributed by atoms with Crippen molar-refractivity contribution in [3.8, 4) is 0 Å². The third kappa shape index (κ3) is 3.95. The van der Waals surface area contributed by atoms with Gasteiger partial charge in [-0.25, -0.2) is 4.57 Å². The molecule has 27 heavy (non-hydrogen) atoms. The summed E-state index contributed by atoms with van der Waals surface area (Å²) in [5.41, 5.74) is 3.35. The van der Waals surface area contributed by atoms with Crippen LogP contribution in [-0.2, 0) is 18.4 Å². The van der Waals surface area contributed by atoms with Crippen LogP contribution in [0.3, 0.4) is 0 Å². The van der Waals surface area contributed by atoms with E-state index in [0.29, 0.717) is 12.6 Å². The van der Waals surface area contributed by atoms with E-state index in [2.05, 4.69) is 51.0 Å². The average molecular weight is 360 g/mol. The Morgan fingerprint density at radius 1 is 1.15 bits per heavy atom. The maximum Gasteiger partial charge on any atom is 0.240 e. The molecule has 0 aliphatic heterocycles. The smallest absolute Gasteiger partial charge is 0.240 e. The van der Waals surface area contributed by atoms with Crippen LogP contribution in [0.15, 0.2) is 54.9 Å². The van der Waals surface area contributed by atoms with E-state index in [4.69, 9.17) is 0 Å². The van der Waals surface area contributed by atoms with Crippen LogP contribution in [0.2, 0.25) is 0 Å². The van der Waals surface area contributed by atoms with Gasteiger partial charge >= 0.3 is 0 Å². The number of nitrogens with one attached hydrogen (secondary N) is 1. The number of carbonyl (C=O) groups is 1. The lowest BCUT2D eigenvalue weighted by molar-refractivity contribution is -0.673. The molecule has 0 saturated heterocycles. The van der Waals surface area contributed by atoms with E-state index in [0.717, 1.165) is 29.6 Å². The predicted molar refractivity (Wildman–Crippen MR) is 109 cm³/mol. The first-order valence-corrected chi connectivity index (χ1v) is 9.71. The van der Waals surface area contributed by atoms with E-state index in [-0.39, 0.29) is 5.91 Å². The summed E-state index contributed by atoms with van der Waals surface area (Å²) < 4.78 is 4.15. The van der Waals surface area contributed by atoms with E-state index in [1.54, 1.807) is 0 Å². The van der Waals surface area contributed by atoms with Crippen molar-refractivity contribution in [1.29, 1.82) is 0 Å². The molecule has 1 aliphatic rings. The standard InChI is InChI=1S/C23H25N3O/c1-25-15-7-6-10-20(25)14-13-18-16-26(22-12-5-4-11-21(18)22)17-23(27)24-19-8-2-3-9-19/h4-7,10-16,19H,2-3,8-9,17H2,1H3/p+1. The Kier molecular flexibility index (Phi) is 5.05. The second kappa shape index (κ2) is 7.78. The van der Waals surface area contributed by atoms with Crippen LogP contribution in [0.5, 0.6) is 0 Å². The van der Waals surface area contributed by atoms with Gasteiger partial charge < -0.3 is 9.88 Å². The van der Waals surface area contributed by atoms with Crippen molar-refractivity contribution in [3.05, 3.63) is 66.1 Å². The summed E-state index contributed by atoms with van der Waals surface area (Å²) in [5, 5.41) is 4.35. The number of para-hydroxylation sites is 1. The number of benzene rings is 1. The molecule has 1 saturated carbocycles. The summed E-state index contributed by atoms with van der Waals surface area (Å²) >= 11 is 0. The molecule has 1 aliphatic carbocycles. The second-order valence-electron chi connectivity index (χ2n) is 7.35. The number of fused-ring (bicyclic) bond motifs is 1. The lowest BCUT2D eigenvalue weighted by Gasteiger charge is -2.12. The SMILES string of the molecule is C[n+]1ccccc1/C=C/c1cn(CC(=O)NC2CCCC2)c2ccccc12. The molecular weight excluding hydrogens is 334 g/mol. The highest BCUT2D eigenvalue weighted by Crippen LogP contribution is 2.23. The van der Waals surface area contributed by atoms with Crippen molar-refractivity contribution in [2.75, 3.05) is 0 Å². The number of nitrogens with zero attached hydrogens (tertiary/aromatic N) is 2. The van der Waals surface area contributed by atoms with Gasteiger partial charge in [-0.3, -0.25) is 4.79 Å². The van der Waals surface area contributed by atoms with Crippen LogP contribution in [0, 0.1) is 0 Å².